The van der Waals surface area contributed by atoms with Crippen LogP contribution in [0.1, 0.15) is 36.6 Å². The maximum Gasteiger partial charge on any atom is 0.328 e. The molecular weight excluding hydrogens is 440 g/mol. The molecule has 5 aromatic rings. The number of imidazole rings is 1. The number of aromatic nitrogens is 6. The summed E-state index contributed by atoms with van der Waals surface area (Å²) in [4.78, 5) is 25.0. The lowest BCUT2D eigenvalue weighted by Crippen LogP contribution is -2.18. The topological polar surface area (TPSA) is 90.6 Å². The summed E-state index contributed by atoms with van der Waals surface area (Å²) in [5.74, 6) is 0.962. The van der Waals surface area contributed by atoms with Gasteiger partial charge in [-0.25, -0.2) is 14.8 Å². The number of nitrogens with one attached hydrogen (secondary N) is 1. The van der Waals surface area contributed by atoms with Crippen LogP contribution in [0.3, 0.4) is 0 Å². The van der Waals surface area contributed by atoms with Crippen LogP contribution in [0.15, 0.2) is 65.7 Å². The monoisotopic (exact) mass is 466 g/mol. The predicted octanol–water partition coefficient (Wildman–Crippen LogP) is 4.35. The smallest absolute Gasteiger partial charge is 0.328 e. The van der Waals surface area contributed by atoms with E-state index in [4.69, 9.17) is 9.72 Å². The number of rotatable bonds is 5. The number of benzene rings is 2. The van der Waals surface area contributed by atoms with Gasteiger partial charge in [0.05, 0.1) is 44.4 Å². The highest BCUT2D eigenvalue weighted by Gasteiger charge is 2.17. The van der Waals surface area contributed by atoms with Crippen LogP contribution in [0.25, 0.3) is 33.7 Å². The zero-order chi connectivity index (χ0) is 23.9. The molecule has 0 spiro atoms. The summed E-state index contributed by atoms with van der Waals surface area (Å²) in [6.45, 7) is 6.77. The number of fused-ring (bicyclic) bond motifs is 2. The molecule has 3 aromatic heterocycles. The lowest BCUT2D eigenvalue weighted by atomic mass is 9.97. The van der Waals surface area contributed by atoms with Gasteiger partial charge in [-0.15, -0.1) is 0 Å². The molecule has 0 unspecified atom stereocenters. The maximum absolute atomic E-state index is 12.8. The van der Waals surface area contributed by atoms with Gasteiger partial charge >= 0.3 is 5.69 Å². The fraction of sp³-hybridized carbons (Fsp3) is 0.259. The number of H-pyrrole nitrogens is 1. The number of hydrogen-bond acceptors (Lipinski definition) is 5. The standard InChI is InChI=1S/C27H26N6O2/c1-17(2)20-5-3-4-6-21(20)25-28-14-23-26(31-25)32(27(34)30-23)15-18-7-9-19(10-8-18)22-13-29-33-11-12-35-16-24(22)33/h3-10,13-14,17H,11-12,15-16H2,1-2H3,(H,30,34). The van der Waals surface area contributed by atoms with Crippen molar-refractivity contribution in [3.05, 3.63) is 88.2 Å². The molecule has 8 heteroatoms. The summed E-state index contributed by atoms with van der Waals surface area (Å²) in [7, 11) is 0. The minimum atomic E-state index is -0.199. The van der Waals surface area contributed by atoms with Gasteiger partial charge in [0.25, 0.3) is 0 Å². The highest BCUT2D eigenvalue weighted by atomic mass is 16.5. The Morgan fingerprint density at radius 1 is 1.06 bits per heavy atom. The molecule has 2 aromatic carbocycles. The summed E-state index contributed by atoms with van der Waals surface area (Å²) in [5.41, 5.74) is 7.48. The molecule has 0 saturated carbocycles. The number of ether oxygens (including phenoxy) is 1. The molecule has 0 bridgehead atoms. The van der Waals surface area contributed by atoms with E-state index in [1.54, 1.807) is 10.8 Å². The lowest BCUT2D eigenvalue weighted by molar-refractivity contribution is 0.0804. The van der Waals surface area contributed by atoms with Crippen molar-refractivity contribution >= 4 is 11.2 Å². The lowest BCUT2D eigenvalue weighted by Gasteiger charge is -2.15. The summed E-state index contributed by atoms with van der Waals surface area (Å²) in [5, 5.41) is 4.49. The first-order chi connectivity index (χ1) is 17.1. The molecule has 1 N–H and O–H groups in total. The van der Waals surface area contributed by atoms with Crippen molar-refractivity contribution < 1.29 is 4.74 Å². The molecule has 0 fully saturated rings. The van der Waals surface area contributed by atoms with E-state index >= 15 is 0 Å². The molecule has 0 aliphatic carbocycles. The van der Waals surface area contributed by atoms with Gasteiger partial charge < -0.3 is 9.72 Å². The van der Waals surface area contributed by atoms with Crippen LogP contribution in [0.2, 0.25) is 0 Å². The first kappa shape index (κ1) is 21.5. The Morgan fingerprint density at radius 3 is 2.71 bits per heavy atom. The Hall–Kier alpha value is -4.04. The fourth-order valence-electron chi connectivity index (χ4n) is 4.72. The van der Waals surface area contributed by atoms with E-state index in [9.17, 15) is 4.79 Å². The van der Waals surface area contributed by atoms with Crippen molar-refractivity contribution in [2.24, 2.45) is 0 Å². The van der Waals surface area contributed by atoms with Gasteiger partial charge in [-0.2, -0.15) is 5.10 Å². The van der Waals surface area contributed by atoms with Gasteiger partial charge in [0.1, 0.15) is 5.52 Å². The van der Waals surface area contributed by atoms with Crippen LogP contribution < -0.4 is 5.69 Å². The molecule has 0 amide bonds. The Labute approximate surface area is 202 Å². The van der Waals surface area contributed by atoms with Crippen LogP contribution in [0, 0.1) is 0 Å². The van der Waals surface area contributed by atoms with E-state index in [0.29, 0.717) is 42.7 Å². The average molecular weight is 467 g/mol. The third-order valence-corrected chi connectivity index (χ3v) is 6.58. The Bertz CT molecular complexity index is 1580. The van der Waals surface area contributed by atoms with Gasteiger partial charge in [-0.1, -0.05) is 62.4 Å². The van der Waals surface area contributed by atoms with E-state index in [0.717, 1.165) is 34.5 Å². The third-order valence-electron chi connectivity index (χ3n) is 6.58. The third kappa shape index (κ3) is 3.85. The maximum atomic E-state index is 12.8. The number of nitrogens with zero attached hydrogens (tertiary/aromatic N) is 5. The number of hydrogen-bond donors (Lipinski definition) is 1. The number of aromatic amines is 1. The molecule has 35 heavy (non-hydrogen) atoms. The van der Waals surface area contributed by atoms with Crippen molar-refractivity contribution in [3.63, 3.8) is 0 Å². The SMILES string of the molecule is CC(C)c1ccccc1-c1ncc2[nH]c(=O)n(Cc3ccc(-c4cnn5c4COCC5)cc3)c2n1. The molecule has 0 radical (unpaired) electrons. The second-order valence-electron chi connectivity index (χ2n) is 9.17. The van der Waals surface area contributed by atoms with Crippen LogP contribution in [-0.4, -0.2) is 35.9 Å². The van der Waals surface area contributed by atoms with Crippen molar-refractivity contribution in [2.45, 2.75) is 39.5 Å². The van der Waals surface area contributed by atoms with Crippen molar-refractivity contribution in [2.75, 3.05) is 6.61 Å². The fourth-order valence-corrected chi connectivity index (χ4v) is 4.72. The van der Waals surface area contributed by atoms with Crippen LogP contribution in [0.5, 0.6) is 0 Å². The van der Waals surface area contributed by atoms with E-state index in [2.05, 4.69) is 47.1 Å². The van der Waals surface area contributed by atoms with Gasteiger partial charge in [0.2, 0.25) is 0 Å². The zero-order valence-corrected chi connectivity index (χ0v) is 19.7. The molecule has 1 aliphatic heterocycles. The predicted molar refractivity (Wildman–Crippen MR) is 134 cm³/mol. The molecule has 8 nitrogen and oxygen atoms in total. The van der Waals surface area contributed by atoms with Gasteiger partial charge in [0, 0.05) is 11.1 Å². The molecule has 1 aliphatic rings. The van der Waals surface area contributed by atoms with Crippen molar-refractivity contribution in [1.82, 2.24) is 29.3 Å². The van der Waals surface area contributed by atoms with E-state index < -0.39 is 0 Å². The first-order valence-electron chi connectivity index (χ1n) is 11.8. The van der Waals surface area contributed by atoms with E-state index in [1.165, 1.54) is 5.56 Å². The van der Waals surface area contributed by atoms with Crippen molar-refractivity contribution in [1.29, 1.82) is 0 Å². The first-order valence-corrected chi connectivity index (χ1v) is 11.8. The van der Waals surface area contributed by atoms with Crippen molar-refractivity contribution in [3.8, 4) is 22.5 Å². The summed E-state index contributed by atoms with van der Waals surface area (Å²) in [6.07, 6.45) is 3.59. The van der Waals surface area contributed by atoms with E-state index in [-0.39, 0.29) is 5.69 Å². The molecule has 4 heterocycles. The average Bonchev–Trinajstić information content (AvgIpc) is 3.45. The zero-order valence-electron chi connectivity index (χ0n) is 19.7. The summed E-state index contributed by atoms with van der Waals surface area (Å²) >= 11 is 0. The minimum absolute atomic E-state index is 0.199. The Balaban J connectivity index is 1.33. The summed E-state index contributed by atoms with van der Waals surface area (Å²) < 4.78 is 9.29. The van der Waals surface area contributed by atoms with Gasteiger partial charge in [-0.3, -0.25) is 9.25 Å². The quantitative estimate of drug-likeness (QED) is 0.416. The van der Waals surface area contributed by atoms with Crippen LogP contribution >= 0.6 is 0 Å². The highest BCUT2D eigenvalue weighted by Crippen LogP contribution is 2.28. The molecule has 0 saturated heterocycles. The van der Waals surface area contributed by atoms with Gasteiger partial charge in [0.15, 0.2) is 11.5 Å². The molecule has 176 valence electrons. The Morgan fingerprint density at radius 2 is 1.89 bits per heavy atom. The molecule has 0 atom stereocenters. The van der Waals surface area contributed by atoms with Crippen LogP contribution in [-0.2, 0) is 24.4 Å². The normalized spacial score (nSPS) is 13.5. The molecular formula is C27H26N6O2. The second-order valence-corrected chi connectivity index (χ2v) is 9.17. The van der Waals surface area contributed by atoms with Crippen LogP contribution in [0.4, 0.5) is 0 Å². The van der Waals surface area contributed by atoms with E-state index in [1.807, 2.05) is 41.2 Å². The second kappa shape index (κ2) is 8.63. The summed E-state index contributed by atoms with van der Waals surface area (Å²) in [6, 6.07) is 16.4. The van der Waals surface area contributed by atoms with Gasteiger partial charge in [-0.05, 0) is 22.6 Å². The minimum Gasteiger partial charge on any atom is -0.373 e. The Kier molecular flexibility index (Phi) is 5.30. The molecule has 6 rings (SSSR count). The largest absolute Gasteiger partial charge is 0.373 e. The highest BCUT2D eigenvalue weighted by molar-refractivity contribution is 5.74.